The summed E-state index contributed by atoms with van der Waals surface area (Å²) in [5.74, 6) is 0.230. The molecule has 1 aliphatic heterocycles. The predicted octanol–water partition coefficient (Wildman–Crippen LogP) is 4.93. The molecule has 11 heteroatoms. The molecule has 32 heavy (non-hydrogen) atoms. The molecule has 166 valence electrons. The zero-order valence-electron chi connectivity index (χ0n) is 16.7. The number of thioether (sulfide) groups is 1. The lowest BCUT2D eigenvalue weighted by Gasteiger charge is -2.29. The highest BCUT2D eigenvalue weighted by Gasteiger charge is 2.22. The molecule has 2 heterocycles. The molecule has 1 N–H and O–H groups in total. The number of anilines is 2. The van der Waals surface area contributed by atoms with Gasteiger partial charge in [-0.25, -0.2) is 0 Å². The van der Waals surface area contributed by atoms with E-state index < -0.39 is 5.91 Å². The van der Waals surface area contributed by atoms with Crippen molar-refractivity contribution in [2.24, 2.45) is 0 Å². The summed E-state index contributed by atoms with van der Waals surface area (Å²) in [6.07, 6.45) is 1.94. The van der Waals surface area contributed by atoms with E-state index in [0.717, 1.165) is 18.5 Å². The van der Waals surface area contributed by atoms with E-state index in [9.17, 15) is 9.59 Å². The molecular weight excluding hydrogens is 491 g/mol. The number of nitrogens with zero attached hydrogens (tertiary/aromatic N) is 3. The van der Waals surface area contributed by atoms with Crippen LogP contribution in [-0.4, -0.2) is 40.9 Å². The highest BCUT2D eigenvalue weighted by atomic mass is 35.5. The summed E-state index contributed by atoms with van der Waals surface area (Å²) in [6, 6.07) is 12.7. The fourth-order valence-corrected chi connectivity index (χ4v) is 5.31. The minimum atomic E-state index is -0.398. The van der Waals surface area contributed by atoms with Crippen molar-refractivity contribution in [3.05, 3.63) is 58.1 Å². The molecule has 0 unspecified atom stereocenters. The zero-order chi connectivity index (χ0) is 22.5. The van der Waals surface area contributed by atoms with Crippen LogP contribution < -0.4 is 15.0 Å². The SMILES string of the molecule is O=C(COc1ccc(Cl)cc1Cl)Nc1nnc(SCC(=O)N2CCCc3ccccc32)s1. The summed E-state index contributed by atoms with van der Waals surface area (Å²) in [6.45, 7) is 0.474. The minimum Gasteiger partial charge on any atom is -0.482 e. The van der Waals surface area contributed by atoms with Crippen molar-refractivity contribution in [3.8, 4) is 5.75 Å². The van der Waals surface area contributed by atoms with Gasteiger partial charge in [0.25, 0.3) is 5.91 Å². The number of carbonyl (C=O) groups excluding carboxylic acids is 2. The van der Waals surface area contributed by atoms with Crippen LogP contribution in [0.1, 0.15) is 12.0 Å². The number of para-hydroxylation sites is 1. The van der Waals surface area contributed by atoms with E-state index in [1.54, 1.807) is 12.1 Å². The molecular formula is C21H18Cl2N4O3S2. The van der Waals surface area contributed by atoms with Crippen LogP contribution in [0, 0.1) is 0 Å². The lowest BCUT2D eigenvalue weighted by atomic mass is 10.0. The van der Waals surface area contributed by atoms with Gasteiger partial charge in [-0.2, -0.15) is 0 Å². The van der Waals surface area contributed by atoms with Gasteiger partial charge in [-0.3, -0.25) is 14.9 Å². The van der Waals surface area contributed by atoms with Gasteiger partial charge in [0.15, 0.2) is 10.9 Å². The first-order chi connectivity index (χ1) is 15.5. The second-order valence-corrected chi connectivity index (χ2v) is 9.89. The average Bonchev–Trinajstić information content (AvgIpc) is 3.23. The number of ether oxygens (including phenoxy) is 1. The Hall–Kier alpha value is -2.33. The lowest BCUT2D eigenvalue weighted by molar-refractivity contribution is -0.118. The summed E-state index contributed by atoms with van der Waals surface area (Å²) in [5, 5.41) is 11.8. The highest BCUT2D eigenvalue weighted by Crippen LogP contribution is 2.30. The smallest absolute Gasteiger partial charge is 0.264 e. The summed E-state index contributed by atoms with van der Waals surface area (Å²) < 4.78 is 6.00. The molecule has 1 aromatic heterocycles. The molecule has 0 radical (unpaired) electrons. The highest BCUT2D eigenvalue weighted by molar-refractivity contribution is 8.01. The number of halogens is 2. The zero-order valence-corrected chi connectivity index (χ0v) is 19.9. The molecule has 0 bridgehead atoms. The molecule has 0 saturated heterocycles. The van der Waals surface area contributed by atoms with Gasteiger partial charge < -0.3 is 9.64 Å². The molecule has 4 rings (SSSR count). The lowest BCUT2D eigenvalue weighted by Crippen LogP contribution is -2.36. The maximum absolute atomic E-state index is 12.7. The third kappa shape index (κ3) is 5.72. The largest absolute Gasteiger partial charge is 0.482 e. The van der Waals surface area contributed by atoms with Crippen molar-refractivity contribution >= 4 is 68.9 Å². The summed E-state index contributed by atoms with van der Waals surface area (Å²) in [5.41, 5.74) is 2.18. The Labute approximate surface area is 203 Å². The van der Waals surface area contributed by atoms with Gasteiger partial charge in [0.1, 0.15) is 5.75 Å². The number of benzene rings is 2. The predicted molar refractivity (Wildman–Crippen MR) is 128 cm³/mol. The Balaban J connectivity index is 1.27. The molecule has 7 nitrogen and oxygen atoms in total. The monoisotopic (exact) mass is 508 g/mol. The van der Waals surface area contributed by atoms with E-state index >= 15 is 0 Å². The van der Waals surface area contributed by atoms with E-state index in [-0.39, 0.29) is 18.3 Å². The molecule has 2 amide bonds. The van der Waals surface area contributed by atoms with Crippen LogP contribution >= 0.6 is 46.3 Å². The van der Waals surface area contributed by atoms with Crippen LogP contribution in [0.3, 0.4) is 0 Å². The molecule has 1 aliphatic rings. The maximum atomic E-state index is 12.7. The molecule has 0 atom stereocenters. The molecule has 0 spiro atoms. The number of amides is 2. The van der Waals surface area contributed by atoms with Gasteiger partial charge in [0.2, 0.25) is 11.0 Å². The maximum Gasteiger partial charge on any atom is 0.264 e. The van der Waals surface area contributed by atoms with Gasteiger partial charge in [-0.15, -0.1) is 10.2 Å². The minimum absolute atomic E-state index is 0.0242. The van der Waals surface area contributed by atoms with Crippen LogP contribution in [0.2, 0.25) is 10.0 Å². The first-order valence-electron chi connectivity index (χ1n) is 9.72. The number of hydrogen-bond acceptors (Lipinski definition) is 7. The fourth-order valence-electron chi connectivity index (χ4n) is 3.20. The van der Waals surface area contributed by atoms with Crippen LogP contribution in [0.5, 0.6) is 5.75 Å². The van der Waals surface area contributed by atoms with Gasteiger partial charge >= 0.3 is 0 Å². The number of fused-ring (bicyclic) bond motifs is 1. The van der Waals surface area contributed by atoms with Gasteiger partial charge in [-0.1, -0.05) is 64.5 Å². The van der Waals surface area contributed by atoms with Crippen LogP contribution in [0.4, 0.5) is 10.8 Å². The van der Waals surface area contributed by atoms with Crippen molar-refractivity contribution in [1.29, 1.82) is 0 Å². The van der Waals surface area contributed by atoms with Crippen LogP contribution in [0.25, 0.3) is 0 Å². The van der Waals surface area contributed by atoms with E-state index in [2.05, 4.69) is 21.6 Å². The van der Waals surface area contributed by atoms with E-state index in [4.69, 9.17) is 27.9 Å². The third-order valence-corrected chi connectivity index (χ3v) is 7.12. The topological polar surface area (TPSA) is 84.4 Å². The van der Waals surface area contributed by atoms with Crippen LogP contribution in [-0.2, 0) is 16.0 Å². The molecule has 0 saturated carbocycles. The van der Waals surface area contributed by atoms with E-state index in [1.165, 1.54) is 34.7 Å². The number of nitrogens with one attached hydrogen (secondary N) is 1. The summed E-state index contributed by atoms with van der Waals surface area (Å²) in [4.78, 5) is 26.7. The third-order valence-electron chi connectivity index (χ3n) is 4.64. The molecule has 0 fully saturated rings. The quantitative estimate of drug-likeness (QED) is 0.359. The van der Waals surface area contributed by atoms with Gasteiger partial charge in [-0.05, 0) is 42.7 Å². The first kappa shape index (κ1) is 22.8. The first-order valence-corrected chi connectivity index (χ1v) is 12.3. The van der Waals surface area contributed by atoms with Crippen LogP contribution in [0.15, 0.2) is 46.8 Å². The Morgan fingerprint density at radius 2 is 2.03 bits per heavy atom. The number of carbonyl (C=O) groups is 2. The number of rotatable bonds is 7. The number of aryl methyl sites for hydroxylation is 1. The second kappa shape index (κ2) is 10.5. The standard InChI is InChI=1S/C21H18Cl2N4O3S2/c22-14-7-8-17(15(23)10-14)30-11-18(28)24-20-25-26-21(32-20)31-12-19(29)27-9-3-5-13-4-1-2-6-16(13)27/h1-2,4,6-8,10H,3,5,9,11-12H2,(H,24,25,28). The fraction of sp³-hybridized carbons (Fsp3) is 0.238. The van der Waals surface area contributed by atoms with Crippen molar-refractivity contribution in [1.82, 2.24) is 10.2 Å². The van der Waals surface area contributed by atoms with Crippen molar-refractivity contribution < 1.29 is 14.3 Å². The molecule has 3 aromatic rings. The van der Waals surface area contributed by atoms with E-state index in [1.807, 2.05) is 23.1 Å². The number of aromatic nitrogens is 2. The molecule has 2 aromatic carbocycles. The average molecular weight is 509 g/mol. The second-order valence-electron chi connectivity index (χ2n) is 6.85. The Morgan fingerprint density at radius 3 is 2.88 bits per heavy atom. The van der Waals surface area contributed by atoms with Crippen molar-refractivity contribution in [2.45, 2.75) is 17.2 Å². The Morgan fingerprint density at radius 1 is 1.19 bits per heavy atom. The molecule has 0 aliphatic carbocycles. The number of hydrogen-bond donors (Lipinski definition) is 1. The normalized spacial score (nSPS) is 12.9. The summed E-state index contributed by atoms with van der Waals surface area (Å²) in [7, 11) is 0. The van der Waals surface area contributed by atoms with E-state index in [0.29, 0.717) is 31.8 Å². The van der Waals surface area contributed by atoms with Crippen molar-refractivity contribution in [3.63, 3.8) is 0 Å². The summed E-state index contributed by atoms with van der Waals surface area (Å²) >= 11 is 14.4. The van der Waals surface area contributed by atoms with Crippen molar-refractivity contribution in [2.75, 3.05) is 29.1 Å². The Bertz CT molecular complexity index is 1140. The van der Waals surface area contributed by atoms with Gasteiger partial charge in [0, 0.05) is 17.3 Å². The van der Waals surface area contributed by atoms with Gasteiger partial charge in [0.05, 0.1) is 10.8 Å². The Kier molecular flexibility index (Phi) is 7.51.